The number of rotatable bonds is 2. The average Bonchev–Trinajstić information content (AvgIpc) is 2.52. The topological polar surface area (TPSA) is 30.3 Å². The number of hydrogen-bond donors (Lipinski definition) is 0. The van der Waals surface area contributed by atoms with E-state index in [1.165, 1.54) is 0 Å². The molecule has 0 N–H and O–H groups in total. The molecular formula is C11H18ClN3O. The molecule has 0 aromatic carbocycles. The molecule has 5 heteroatoms. The summed E-state index contributed by atoms with van der Waals surface area (Å²) >= 11 is 6.00. The lowest BCUT2D eigenvalue weighted by Crippen LogP contribution is -2.42. The Labute approximate surface area is 101 Å². The Kier molecular flexibility index (Phi) is 3.40. The predicted molar refractivity (Wildman–Crippen MR) is 65.1 cm³/mol. The fourth-order valence-electron chi connectivity index (χ4n) is 2.25. The number of nitrogens with zero attached hydrogens (tertiary/aromatic N) is 3. The van der Waals surface area contributed by atoms with Gasteiger partial charge in [-0.3, -0.25) is 4.68 Å². The third-order valence-electron chi connectivity index (χ3n) is 2.99. The van der Waals surface area contributed by atoms with Gasteiger partial charge in [-0.15, -0.1) is 11.6 Å². The van der Waals surface area contributed by atoms with Crippen LogP contribution in [0.15, 0.2) is 0 Å². The molecule has 16 heavy (non-hydrogen) atoms. The standard InChI is InChI=1S/C11H18ClN3O/c1-8-7-15(4-5-16-8)11-10(6-12)9(2)13-14(11)3/h8H,4-7H2,1-3H3. The van der Waals surface area contributed by atoms with Crippen molar-refractivity contribution in [2.24, 2.45) is 7.05 Å². The van der Waals surface area contributed by atoms with Gasteiger partial charge in [-0.05, 0) is 13.8 Å². The molecule has 1 unspecified atom stereocenters. The second kappa shape index (κ2) is 4.63. The van der Waals surface area contributed by atoms with Gasteiger partial charge in [-0.1, -0.05) is 0 Å². The number of ether oxygens (including phenoxy) is 1. The minimum atomic E-state index is 0.270. The van der Waals surface area contributed by atoms with Gasteiger partial charge < -0.3 is 9.64 Å². The van der Waals surface area contributed by atoms with Gasteiger partial charge in [0.15, 0.2) is 0 Å². The summed E-state index contributed by atoms with van der Waals surface area (Å²) in [5.74, 6) is 1.66. The van der Waals surface area contributed by atoms with E-state index in [0.717, 1.165) is 36.8 Å². The monoisotopic (exact) mass is 243 g/mol. The van der Waals surface area contributed by atoms with Crippen LogP contribution in [0, 0.1) is 6.92 Å². The van der Waals surface area contributed by atoms with E-state index in [2.05, 4.69) is 16.9 Å². The molecule has 0 radical (unpaired) electrons. The highest BCUT2D eigenvalue weighted by atomic mass is 35.5. The van der Waals surface area contributed by atoms with Crippen molar-refractivity contribution in [1.82, 2.24) is 9.78 Å². The van der Waals surface area contributed by atoms with E-state index in [1.54, 1.807) is 0 Å². The van der Waals surface area contributed by atoms with Gasteiger partial charge in [-0.2, -0.15) is 5.10 Å². The molecule has 1 aromatic heterocycles. The number of aryl methyl sites for hydroxylation is 2. The molecule has 1 aromatic rings. The van der Waals surface area contributed by atoms with Crippen LogP contribution in [0.1, 0.15) is 18.2 Å². The second-order valence-electron chi connectivity index (χ2n) is 4.27. The normalized spacial score (nSPS) is 21.5. The van der Waals surface area contributed by atoms with Crippen LogP contribution in [0.4, 0.5) is 5.82 Å². The molecule has 0 bridgehead atoms. The summed E-state index contributed by atoms with van der Waals surface area (Å²) < 4.78 is 7.47. The second-order valence-corrected chi connectivity index (χ2v) is 4.54. The fourth-order valence-corrected chi connectivity index (χ4v) is 2.57. The van der Waals surface area contributed by atoms with E-state index in [-0.39, 0.29) is 6.10 Å². The number of aromatic nitrogens is 2. The lowest BCUT2D eigenvalue weighted by atomic mass is 10.2. The quantitative estimate of drug-likeness (QED) is 0.741. The summed E-state index contributed by atoms with van der Waals surface area (Å²) in [7, 11) is 1.97. The molecule has 0 aliphatic carbocycles. The molecule has 0 spiro atoms. The first kappa shape index (κ1) is 11.7. The van der Waals surface area contributed by atoms with Crippen molar-refractivity contribution in [1.29, 1.82) is 0 Å². The summed E-state index contributed by atoms with van der Waals surface area (Å²) in [6.07, 6.45) is 0.270. The van der Waals surface area contributed by atoms with Gasteiger partial charge in [0.2, 0.25) is 0 Å². The first-order valence-corrected chi connectivity index (χ1v) is 6.12. The molecular weight excluding hydrogens is 226 g/mol. The Morgan fingerprint density at radius 3 is 2.94 bits per heavy atom. The van der Waals surface area contributed by atoms with Crippen molar-refractivity contribution in [2.45, 2.75) is 25.8 Å². The molecule has 1 aliphatic heterocycles. The SMILES string of the molecule is Cc1nn(C)c(N2CCOC(C)C2)c1CCl. The Hall–Kier alpha value is -0.740. The Morgan fingerprint density at radius 2 is 2.31 bits per heavy atom. The van der Waals surface area contributed by atoms with Crippen LogP contribution >= 0.6 is 11.6 Å². The molecule has 0 saturated carbocycles. The first-order valence-electron chi connectivity index (χ1n) is 5.58. The zero-order valence-corrected chi connectivity index (χ0v) is 10.8. The Morgan fingerprint density at radius 1 is 1.56 bits per heavy atom. The highest BCUT2D eigenvalue weighted by Gasteiger charge is 2.23. The van der Waals surface area contributed by atoms with E-state index in [1.807, 2.05) is 18.7 Å². The third kappa shape index (κ3) is 2.04. The van der Waals surface area contributed by atoms with E-state index < -0.39 is 0 Å². The first-order chi connectivity index (χ1) is 7.63. The number of hydrogen-bond acceptors (Lipinski definition) is 3. The zero-order valence-electron chi connectivity index (χ0n) is 10.0. The van der Waals surface area contributed by atoms with E-state index in [9.17, 15) is 0 Å². The van der Waals surface area contributed by atoms with Crippen molar-refractivity contribution in [3.05, 3.63) is 11.3 Å². The number of alkyl halides is 1. The van der Waals surface area contributed by atoms with Gasteiger partial charge in [0.05, 0.1) is 24.3 Å². The van der Waals surface area contributed by atoms with Crippen LogP contribution in [-0.2, 0) is 17.7 Å². The summed E-state index contributed by atoms with van der Waals surface area (Å²) in [6.45, 7) is 6.68. The lowest BCUT2D eigenvalue weighted by Gasteiger charge is -2.33. The van der Waals surface area contributed by atoms with Crippen LogP contribution in [0.2, 0.25) is 0 Å². The Bertz CT molecular complexity index is 378. The van der Waals surface area contributed by atoms with Crippen LogP contribution in [-0.4, -0.2) is 35.6 Å². The van der Waals surface area contributed by atoms with E-state index in [4.69, 9.17) is 16.3 Å². The molecule has 1 aliphatic rings. The predicted octanol–water partition coefficient (Wildman–Crippen LogP) is 1.69. The van der Waals surface area contributed by atoms with Crippen molar-refractivity contribution < 1.29 is 4.74 Å². The maximum Gasteiger partial charge on any atom is 0.131 e. The molecule has 2 rings (SSSR count). The van der Waals surface area contributed by atoms with Gasteiger partial charge in [-0.25, -0.2) is 0 Å². The maximum atomic E-state index is 6.00. The molecule has 1 atom stereocenters. The molecule has 1 saturated heterocycles. The van der Waals surface area contributed by atoms with Crippen molar-refractivity contribution in [2.75, 3.05) is 24.6 Å². The third-order valence-corrected chi connectivity index (χ3v) is 3.25. The summed E-state index contributed by atoms with van der Waals surface area (Å²) in [5.41, 5.74) is 2.16. The number of halogens is 1. The van der Waals surface area contributed by atoms with Crippen LogP contribution < -0.4 is 4.90 Å². The van der Waals surface area contributed by atoms with Crippen LogP contribution in [0.5, 0.6) is 0 Å². The Balaban J connectivity index is 2.31. The molecule has 1 fully saturated rings. The minimum absolute atomic E-state index is 0.270. The summed E-state index contributed by atoms with van der Waals surface area (Å²) in [5, 5.41) is 4.43. The smallest absolute Gasteiger partial charge is 0.131 e. The molecule has 4 nitrogen and oxygen atoms in total. The summed E-state index contributed by atoms with van der Waals surface area (Å²) in [6, 6.07) is 0. The van der Waals surface area contributed by atoms with Gasteiger partial charge in [0.25, 0.3) is 0 Å². The van der Waals surface area contributed by atoms with E-state index in [0.29, 0.717) is 5.88 Å². The van der Waals surface area contributed by atoms with Gasteiger partial charge in [0.1, 0.15) is 5.82 Å². The fraction of sp³-hybridized carbons (Fsp3) is 0.727. The van der Waals surface area contributed by atoms with Gasteiger partial charge >= 0.3 is 0 Å². The van der Waals surface area contributed by atoms with Crippen molar-refractivity contribution >= 4 is 17.4 Å². The van der Waals surface area contributed by atoms with Crippen molar-refractivity contribution in [3.63, 3.8) is 0 Å². The number of morpholine rings is 1. The van der Waals surface area contributed by atoms with Crippen LogP contribution in [0.25, 0.3) is 0 Å². The average molecular weight is 244 g/mol. The van der Waals surface area contributed by atoms with Crippen molar-refractivity contribution in [3.8, 4) is 0 Å². The highest BCUT2D eigenvalue weighted by Crippen LogP contribution is 2.26. The highest BCUT2D eigenvalue weighted by molar-refractivity contribution is 6.17. The molecule has 2 heterocycles. The largest absolute Gasteiger partial charge is 0.375 e. The van der Waals surface area contributed by atoms with Crippen LogP contribution in [0.3, 0.4) is 0 Å². The van der Waals surface area contributed by atoms with E-state index >= 15 is 0 Å². The number of anilines is 1. The summed E-state index contributed by atoms with van der Waals surface area (Å²) in [4.78, 5) is 2.31. The lowest BCUT2D eigenvalue weighted by molar-refractivity contribution is 0.0526. The molecule has 0 amide bonds. The molecule has 90 valence electrons. The zero-order chi connectivity index (χ0) is 11.7. The maximum absolute atomic E-state index is 6.00. The minimum Gasteiger partial charge on any atom is -0.375 e. The van der Waals surface area contributed by atoms with Gasteiger partial charge in [0, 0.05) is 25.7 Å².